The van der Waals surface area contributed by atoms with E-state index in [-0.39, 0.29) is 0 Å². The van der Waals surface area contributed by atoms with Crippen molar-refractivity contribution in [1.29, 1.82) is 0 Å². The standard InChI is InChI=1S/C17H30N4/c1-5-9-18-15-12-16(20-13-19-15)21-10-6-7-14(8-11-21)17(2,3)4/h12-14H,5-11H2,1-4H3,(H,18,19,20). The lowest BCUT2D eigenvalue weighted by Crippen LogP contribution is -2.27. The van der Waals surface area contributed by atoms with Gasteiger partial charge in [-0.25, -0.2) is 9.97 Å². The summed E-state index contributed by atoms with van der Waals surface area (Å²) in [5.41, 5.74) is 0.412. The first kappa shape index (κ1) is 16.1. The quantitative estimate of drug-likeness (QED) is 0.911. The highest BCUT2D eigenvalue weighted by Gasteiger charge is 2.27. The molecule has 0 aliphatic carbocycles. The smallest absolute Gasteiger partial charge is 0.134 e. The molecule has 1 atom stereocenters. The molecule has 0 bridgehead atoms. The van der Waals surface area contributed by atoms with Crippen LogP contribution in [0.4, 0.5) is 11.6 Å². The van der Waals surface area contributed by atoms with Crippen LogP contribution in [-0.4, -0.2) is 29.6 Å². The van der Waals surface area contributed by atoms with Gasteiger partial charge in [0.25, 0.3) is 0 Å². The largest absolute Gasteiger partial charge is 0.370 e. The normalized spacial score (nSPS) is 20.2. The van der Waals surface area contributed by atoms with Crippen molar-refractivity contribution in [2.45, 2.75) is 53.4 Å². The van der Waals surface area contributed by atoms with Gasteiger partial charge in [0.05, 0.1) is 0 Å². The maximum absolute atomic E-state index is 4.47. The Labute approximate surface area is 129 Å². The molecule has 0 aromatic carbocycles. The van der Waals surface area contributed by atoms with Gasteiger partial charge in [-0.05, 0) is 37.0 Å². The first-order chi connectivity index (χ1) is 10.0. The molecule has 1 aromatic rings. The van der Waals surface area contributed by atoms with Crippen LogP contribution in [0.5, 0.6) is 0 Å². The Balaban J connectivity index is 2.02. The van der Waals surface area contributed by atoms with Crippen LogP contribution in [0.3, 0.4) is 0 Å². The van der Waals surface area contributed by atoms with Gasteiger partial charge in [-0.3, -0.25) is 0 Å². The van der Waals surface area contributed by atoms with Gasteiger partial charge in [0.2, 0.25) is 0 Å². The van der Waals surface area contributed by atoms with E-state index in [1.54, 1.807) is 6.33 Å². The van der Waals surface area contributed by atoms with E-state index in [0.717, 1.165) is 43.6 Å². The van der Waals surface area contributed by atoms with Crippen molar-refractivity contribution in [2.24, 2.45) is 11.3 Å². The number of rotatable bonds is 4. The van der Waals surface area contributed by atoms with E-state index in [1.807, 2.05) is 0 Å². The van der Waals surface area contributed by atoms with E-state index in [0.29, 0.717) is 5.41 Å². The Morgan fingerprint density at radius 1 is 1.24 bits per heavy atom. The summed E-state index contributed by atoms with van der Waals surface area (Å²) < 4.78 is 0. The van der Waals surface area contributed by atoms with E-state index < -0.39 is 0 Å². The minimum atomic E-state index is 0.412. The van der Waals surface area contributed by atoms with Gasteiger partial charge < -0.3 is 10.2 Å². The molecule has 1 aliphatic rings. The molecule has 21 heavy (non-hydrogen) atoms. The lowest BCUT2D eigenvalue weighted by Gasteiger charge is -2.29. The van der Waals surface area contributed by atoms with Crippen molar-refractivity contribution in [1.82, 2.24) is 9.97 Å². The molecule has 2 heterocycles. The summed E-state index contributed by atoms with van der Waals surface area (Å²) in [7, 11) is 0. The summed E-state index contributed by atoms with van der Waals surface area (Å²) >= 11 is 0. The number of nitrogens with zero attached hydrogens (tertiary/aromatic N) is 3. The van der Waals surface area contributed by atoms with Crippen molar-refractivity contribution in [3.8, 4) is 0 Å². The number of hydrogen-bond donors (Lipinski definition) is 1. The van der Waals surface area contributed by atoms with Crippen LogP contribution >= 0.6 is 0 Å². The predicted octanol–water partition coefficient (Wildman–Crippen LogP) is 3.95. The SMILES string of the molecule is CCCNc1cc(N2CCCC(C(C)(C)C)CC2)ncn1. The van der Waals surface area contributed by atoms with Crippen molar-refractivity contribution in [3.63, 3.8) is 0 Å². The first-order valence-electron chi connectivity index (χ1n) is 8.31. The molecule has 1 N–H and O–H groups in total. The second kappa shape index (κ2) is 7.10. The molecule has 1 saturated heterocycles. The van der Waals surface area contributed by atoms with Crippen LogP contribution in [0.25, 0.3) is 0 Å². The first-order valence-corrected chi connectivity index (χ1v) is 8.31. The Morgan fingerprint density at radius 2 is 2.05 bits per heavy atom. The summed E-state index contributed by atoms with van der Waals surface area (Å²) in [6.07, 6.45) is 6.62. The van der Waals surface area contributed by atoms with Crippen LogP contribution in [0.1, 0.15) is 53.4 Å². The number of hydrogen-bond acceptors (Lipinski definition) is 4. The summed E-state index contributed by atoms with van der Waals surface area (Å²) in [4.78, 5) is 11.2. The average molecular weight is 290 g/mol. The fourth-order valence-corrected chi connectivity index (χ4v) is 3.06. The fourth-order valence-electron chi connectivity index (χ4n) is 3.06. The van der Waals surface area contributed by atoms with Gasteiger partial charge >= 0.3 is 0 Å². The highest BCUT2D eigenvalue weighted by molar-refractivity contribution is 5.48. The summed E-state index contributed by atoms with van der Waals surface area (Å²) in [6.45, 7) is 12.4. The van der Waals surface area contributed by atoms with Crippen LogP contribution in [0.15, 0.2) is 12.4 Å². The van der Waals surface area contributed by atoms with Gasteiger partial charge in [-0.2, -0.15) is 0 Å². The van der Waals surface area contributed by atoms with Crippen molar-refractivity contribution >= 4 is 11.6 Å². The molecule has 0 radical (unpaired) electrons. The van der Waals surface area contributed by atoms with Gasteiger partial charge in [-0.15, -0.1) is 0 Å². The Morgan fingerprint density at radius 3 is 2.76 bits per heavy atom. The van der Waals surface area contributed by atoms with Gasteiger partial charge in [0, 0.05) is 25.7 Å². The van der Waals surface area contributed by atoms with Crippen LogP contribution < -0.4 is 10.2 Å². The molecule has 0 spiro atoms. The second-order valence-corrected chi connectivity index (χ2v) is 7.17. The topological polar surface area (TPSA) is 41.0 Å². The zero-order valence-electron chi connectivity index (χ0n) is 14.0. The molecule has 2 rings (SSSR count). The number of aromatic nitrogens is 2. The zero-order valence-corrected chi connectivity index (χ0v) is 14.0. The third kappa shape index (κ3) is 4.58. The zero-order chi connectivity index (χ0) is 15.3. The van der Waals surface area contributed by atoms with E-state index in [4.69, 9.17) is 0 Å². The molecule has 4 heteroatoms. The second-order valence-electron chi connectivity index (χ2n) is 7.17. The van der Waals surface area contributed by atoms with Crippen LogP contribution in [0, 0.1) is 11.3 Å². The lowest BCUT2D eigenvalue weighted by atomic mass is 9.77. The molecule has 1 unspecified atom stereocenters. The molecular weight excluding hydrogens is 260 g/mol. The third-order valence-electron chi connectivity index (χ3n) is 4.49. The lowest BCUT2D eigenvalue weighted by molar-refractivity contribution is 0.220. The highest BCUT2D eigenvalue weighted by Crippen LogP contribution is 2.35. The predicted molar refractivity (Wildman–Crippen MR) is 89.8 cm³/mol. The fraction of sp³-hybridized carbons (Fsp3) is 0.765. The van der Waals surface area contributed by atoms with E-state index >= 15 is 0 Å². The van der Waals surface area contributed by atoms with Gasteiger partial charge in [0.15, 0.2) is 0 Å². The van der Waals surface area contributed by atoms with Crippen LogP contribution in [0.2, 0.25) is 0 Å². The molecule has 1 fully saturated rings. The molecule has 1 aliphatic heterocycles. The highest BCUT2D eigenvalue weighted by atomic mass is 15.2. The molecule has 4 nitrogen and oxygen atoms in total. The molecule has 1 aromatic heterocycles. The summed E-state index contributed by atoms with van der Waals surface area (Å²) in [6, 6.07) is 2.09. The molecule has 0 saturated carbocycles. The minimum absolute atomic E-state index is 0.412. The monoisotopic (exact) mass is 290 g/mol. The van der Waals surface area contributed by atoms with Crippen molar-refractivity contribution in [2.75, 3.05) is 29.9 Å². The van der Waals surface area contributed by atoms with Gasteiger partial charge in [0.1, 0.15) is 18.0 Å². The van der Waals surface area contributed by atoms with E-state index in [2.05, 4.69) is 53.9 Å². The number of anilines is 2. The maximum Gasteiger partial charge on any atom is 0.134 e. The molecule has 118 valence electrons. The third-order valence-corrected chi connectivity index (χ3v) is 4.49. The Bertz CT molecular complexity index is 439. The van der Waals surface area contributed by atoms with Crippen molar-refractivity contribution < 1.29 is 0 Å². The maximum atomic E-state index is 4.47. The summed E-state index contributed by atoms with van der Waals surface area (Å²) in [5, 5.41) is 3.34. The van der Waals surface area contributed by atoms with Crippen molar-refractivity contribution in [3.05, 3.63) is 12.4 Å². The van der Waals surface area contributed by atoms with E-state index in [9.17, 15) is 0 Å². The van der Waals surface area contributed by atoms with Crippen LogP contribution in [-0.2, 0) is 0 Å². The Kier molecular flexibility index (Phi) is 5.43. The Hall–Kier alpha value is -1.32. The average Bonchev–Trinajstić information content (AvgIpc) is 2.71. The summed E-state index contributed by atoms with van der Waals surface area (Å²) in [5.74, 6) is 2.82. The molecule has 0 amide bonds. The van der Waals surface area contributed by atoms with Gasteiger partial charge in [-0.1, -0.05) is 27.7 Å². The molecular formula is C17H30N4. The minimum Gasteiger partial charge on any atom is -0.370 e. The van der Waals surface area contributed by atoms with E-state index in [1.165, 1.54) is 19.3 Å². The number of nitrogens with one attached hydrogen (secondary N) is 1.